The number of imide groups is 1. The SMILES string of the molecule is CC(C)(C)OC(=O)N1CCN(c2ncnc3c(F)c(-c4c(F)cccc4OCCCCCCCN4CCC(c5cc6c(cc5F)C(=O)N(C5CCC(=O)NC5=O)C6)CC4)c(Cl)cc23)CC1. The summed E-state index contributed by atoms with van der Waals surface area (Å²) >= 11 is 6.76. The van der Waals surface area contributed by atoms with Crippen molar-refractivity contribution in [2.45, 2.75) is 103 Å². The van der Waals surface area contributed by atoms with E-state index in [0.29, 0.717) is 49.6 Å². The molecule has 1 N–H and O–H groups in total. The number of hydrogen-bond acceptors (Lipinski definition) is 10. The van der Waals surface area contributed by atoms with Crippen LogP contribution in [0.1, 0.15) is 106 Å². The maximum absolute atomic E-state index is 16.5. The Kier molecular flexibility index (Phi) is 13.9. The number of ether oxygens (including phenoxy) is 2. The molecule has 3 fully saturated rings. The number of anilines is 1. The molecule has 0 spiro atoms. The lowest BCUT2D eigenvalue weighted by Gasteiger charge is -2.36. The summed E-state index contributed by atoms with van der Waals surface area (Å²) in [7, 11) is 0. The molecule has 0 aliphatic carbocycles. The van der Waals surface area contributed by atoms with Crippen LogP contribution in [0.4, 0.5) is 23.8 Å². The van der Waals surface area contributed by atoms with E-state index < -0.39 is 41.1 Å². The van der Waals surface area contributed by atoms with E-state index in [0.717, 1.165) is 70.1 Å². The van der Waals surface area contributed by atoms with E-state index >= 15 is 13.2 Å². The highest BCUT2D eigenvalue weighted by molar-refractivity contribution is 6.34. The van der Waals surface area contributed by atoms with Crippen molar-refractivity contribution in [1.29, 1.82) is 0 Å². The number of halogens is 4. The highest BCUT2D eigenvalue weighted by Gasteiger charge is 2.40. The second kappa shape index (κ2) is 19.5. The maximum atomic E-state index is 16.5. The minimum atomic E-state index is -0.782. The molecular weight excluding hydrogens is 863 g/mol. The number of unbranched alkanes of at least 4 members (excludes halogenated alkanes) is 4. The molecule has 3 aromatic carbocycles. The van der Waals surface area contributed by atoms with Gasteiger partial charge in [0.1, 0.15) is 46.7 Å². The zero-order valence-electron chi connectivity index (χ0n) is 37.1. The van der Waals surface area contributed by atoms with Gasteiger partial charge in [-0.05, 0) is 114 Å². The number of carbonyl (C=O) groups is 4. The molecule has 4 aliphatic heterocycles. The largest absolute Gasteiger partial charge is 0.493 e. The van der Waals surface area contributed by atoms with Crippen molar-refractivity contribution in [3.63, 3.8) is 0 Å². The number of carbonyl (C=O) groups excluding carboxylic acids is 4. The van der Waals surface area contributed by atoms with Crippen LogP contribution in [0.2, 0.25) is 5.02 Å². The Hall–Kier alpha value is -5.48. The number of aromatic nitrogens is 2. The van der Waals surface area contributed by atoms with Crippen LogP contribution in [0.25, 0.3) is 22.0 Å². The van der Waals surface area contributed by atoms with Gasteiger partial charge in [-0.15, -0.1) is 0 Å². The number of hydrogen-bond donors (Lipinski definition) is 1. The predicted octanol–water partition coefficient (Wildman–Crippen LogP) is 8.39. The number of nitrogens with one attached hydrogen (secondary N) is 1. The van der Waals surface area contributed by atoms with Gasteiger partial charge in [-0.1, -0.05) is 43.0 Å². The minimum absolute atomic E-state index is 0.00384. The van der Waals surface area contributed by atoms with Crippen LogP contribution in [0.3, 0.4) is 0 Å². The third-order valence-electron chi connectivity index (χ3n) is 12.8. The maximum Gasteiger partial charge on any atom is 0.410 e. The molecular formula is C48H55ClF3N7O6. The summed E-state index contributed by atoms with van der Waals surface area (Å²) in [4.78, 5) is 65.9. The lowest BCUT2D eigenvalue weighted by atomic mass is 9.87. The van der Waals surface area contributed by atoms with E-state index in [1.54, 1.807) is 23.1 Å². The van der Waals surface area contributed by atoms with Gasteiger partial charge in [0.15, 0.2) is 5.82 Å². The molecule has 0 radical (unpaired) electrons. The van der Waals surface area contributed by atoms with Gasteiger partial charge in [0.05, 0.1) is 17.2 Å². The molecule has 4 aromatic rings. The van der Waals surface area contributed by atoms with E-state index in [9.17, 15) is 19.2 Å². The number of amides is 4. The number of nitrogens with zero attached hydrogens (tertiary/aromatic N) is 6. The molecule has 0 bridgehead atoms. The van der Waals surface area contributed by atoms with E-state index in [1.165, 1.54) is 29.4 Å². The average Bonchev–Trinajstić information content (AvgIpc) is 3.58. The molecule has 0 saturated carbocycles. The Labute approximate surface area is 381 Å². The smallest absolute Gasteiger partial charge is 0.410 e. The van der Waals surface area contributed by atoms with Crippen molar-refractivity contribution in [1.82, 2.24) is 30.0 Å². The van der Waals surface area contributed by atoms with Crippen LogP contribution in [-0.2, 0) is 20.9 Å². The monoisotopic (exact) mass is 917 g/mol. The molecule has 65 heavy (non-hydrogen) atoms. The number of piperazine rings is 1. The van der Waals surface area contributed by atoms with Gasteiger partial charge in [0.25, 0.3) is 5.91 Å². The second-order valence-corrected chi connectivity index (χ2v) is 18.8. The molecule has 1 unspecified atom stereocenters. The van der Waals surface area contributed by atoms with Crippen LogP contribution in [0.15, 0.2) is 42.7 Å². The van der Waals surface area contributed by atoms with Gasteiger partial charge in [-0.25, -0.2) is 27.9 Å². The predicted molar refractivity (Wildman–Crippen MR) is 239 cm³/mol. The fourth-order valence-corrected chi connectivity index (χ4v) is 9.72. The van der Waals surface area contributed by atoms with Gasteiger partial charge < -0.3 is 29.1 Å². The first-order valence-electron chi connectivity index (χ1n) is 22.6. The highest BCUT2D eigenvalue weighted by atomic mass is 35.5. The third kappa shape index (κ3) is 10.2. The van der Waals surface area contributed by atoms with Crippen molar-refractivity contribution < 1.29 is 41.8 Å². The van der Waals surface area contributed by atoms with E-state index in [4.69, 9.17) is 21.1 Å². The molecule has 346 valence electrons. The Bertz CT molecular complexity index is 2470. The van der Waals surface area contributed by atoms with Gasteiger partial charge in [-0.3, -0.25) is 19.7 Å². The van der Waals surface area contributed by atoms with Gasteiger partial charge >= 0.3 is 6.09 Å². The Morgan fingerprint density at radius 2 is 1.62 bits per heavy atom. The molecule has 5 heterocycles. The zero-order chi connectivity index (χ0) is 46.0. The van der Waals surface area contributed by atoms with Gasteiger partial charge in [0.2, 0.25) is 11.8 Å². The molecule has 8 rings (SSSR count). The summed E-state index contributed by atoms with van der Waals surface area (Å²) in [5, 5.41) is 2.67. The summed E-state index contributed by atoms with van der Waals surface area (Å²) in [5.41, 5.74) is 0.801. The summed E-state index contributed by atoms with van der Waals surface area (Å²) in [6.07, 6.45) is 7.53. The van der Waals surface area contributed by atoms with Crippen molar-refractivity contribution in [2.24, 2.45) is 0 Å². The Morgan fingerprint density at radius 3 is 2.35 bits per heavy atom. The number of piperidine rings is 2. The minimum Gasteiger partial charge on any atom is -0.493 e. The summed E-state index contributed by atoms with van der Waals surface area (Å²) in [5.74, 6) is -2.37. The molecule has 17 heteroatoms. The van der Waals surface area contributed by atoms with Crippen molar-refractivity contribution in [3.05, 3.63) is 81.9 Å². The summed E-state index contributed by atoms with van der Waals surface area (Å²) in [6.45, 7) is 10.2. The van der Waals surface area contributed by atoms with Crippen molar-refractivity contribution >= 4 is 52.1 Å². The van der Waals surface area contributed by atoms with Crippen LogP contribution < -0.4 is 15.0 Å². The first-order chi connectivity index (χ1) is 31.2. The molecule has 13 nitrogen and oxygen atoms in total. The lowest BCUT2D eigenvalue weighted by molar-refractivity contribution is -0.136. The second-order valence-electron chi connectivity index (χ2n) is 18.4. The van der Waals surface area contributed by atoms with Gasteiger partial charge in [0, 0.05) is 55.7 Å². The molecule has 3 saturated heterocycles. The number of rotatable bonds is 13. The van der Waals surface area contributed by atoms with Crippen molar-refractivity contribution in [3.8, 4) is 16.9 Å². The zero-order valence-corrected chi connectivity index (χ0v) is 37.8. The quantitative estimate of drug-likeness (QED) is 0.103. The summed E-state index contributed by atoms with van der Waals surface area (Å²) in [6, 6.07) is 8.31. The highest BCUT2D eigenvalue weighted by Crippen LogP contribution is 2.43. The van der Waals surface area contributed by atoms with Crippen LogP contribution in [0.5, 0.6) is 5.75 Å². The summed E-state index contributed by atoms with van der Waals surface area (Å²) < 4.78 is 59.0. The first-order valence-corrected chi connectivity index (χ1v) is 23.0. The van der Waals surface area contributed by atoms with E-state index in [-0.39, 0.29) is 70.1 Å². The van der Waals surface area contributed by atoms with Crippen LogP contribution >= 0.6 is 11.6 Å². The fourth-order valence-electron chi connectivity index (χ4n) is 9.43. The van der Waals surface area contributed by atoms with Gasteiger partial charge in [-0.2, -0.15) is 0 Å². The molecule has 1 atom stereocenters. The number of benzene rings is 3. The number of fused-ring (bicyclic) bond motifs is 2. The Balaban J connectivity index is 0.789. The van der Waals surface area contributed by atoms with Crippen LogP contribution in [0, 0.1) is 17.5 Å². The molecule has 4 aliphatic rings. The standard InChI is InChI=1S/C48H55ClF3N7O6/c1-48(2,3)65-47(63)58-21-19-57(20-22-58)44-33-25-34(49)40(42(52)43(33)53-28-54-44)41-35(50)10-9-11-38(41)64-23-8-6-4-5-7-16-56-17-14-29(15-18-56)31-24-30-27-59(46(62)32(30)26-36(31)51)37-12-13-39(60)55-45(37)61/h9-11,24-26,28-29,37H,4-8,12-23,27H2,1-3H3,(H,55,60,61). The molecule has 1 aromatic heterocycles. The van der Waals surface area contributed by atoms with Crippen molar-refractivity contribution in [2.75, 3.05) is 57.3 Å². The first kappa shape index (κ1) is 46.1. The fraction of sp³-hybridized carbons (Fsp3) is 0.500. The normalized spacial score (nSPS) is 18.7. The van der Waals surface area contributed by atoms with E-state index in [1.807, 2.05) is 25.7 Å². The van der Waals surface area contributed by atoms with Crippen LogP contribution in [-0.4, -0.2) is 113 Å². The van der Waals surface area contributed by atoms with E-state index in [2.05, 4.69) is 20.2 Å². The topological polar surface area (TPSA) is 138 Å². The molecule has 4 amide bonds. The third-order valence-corrected chi connectivity index (χ3v) is 13.1. The Morgan fingerprint density at radius 1 is 0.877 bits per heavy atom. The average molecular weight is 918 g/mol. The lowest BCUT2D eigenvalue weighted by Crippen LogP contribution is -2.52. The number of likely N-dealkylation sites (tertiary alicyclic amines) is 1.